The quantitative estimate of drug-likeness (QED) is 0.736. The van der Waals surface area contributed by atoms with Gasteiger partial charge in [0.15, 0.2) is 5.78 Å². The molecule has 4 heteroatoms. The average Bonchev–Trinajstić information content (AvgIpc) is 2.72. The van der Waals surface area contributed by atoms with Crippen molar-refractivity contribution in [2.45, 2.75) is 25.3 Å². The molecule has 26 heavy (non-hydrogen) atoms. The van der Waals surface area contributed by atoms with Gasteiger partial charge < -0.3 is 10.1 Å². The maximum atomic E-state index is 12.4. The number of piperidine rings is 1. The van der Waals surface area contributed by atoms with Crippen LogP contribution in [0.4, 0.5) is 0 Å². The van der Waals surface area contributed by atoms with Crippen molar-refractivity contribution in [1.82, 2.24) is 10.2 Å². The van der Waals surface area contributed by atoms with Crippen molar-refractivity contribution in [3.63, 3.8) is 0 Å². The maximum Gasteiger partial charge on any atom is 0.176 e. The molecule has 0 aromatic heterocycles. The van der Waals surface area contributed by atoms with Gasteiger partial charge in [0.1, 0.15) is 5.75 Å². The number of rotatable bonds is 8. The summed E-state index contributed by atoms with van der Waals surface area (Å²) in [6.07, 6.45) is 3.84. The van der Waals surface area contributed by atoms with E-state index in [1.807, 2.05) is 24.3 Å². The minimum atomic E-state index is 0.109. The Labute approximate surface area is 156 Å². The molecule has 1 N–H and O–H groups in total. The number of ether oxygens (including phenoxy) is 1. The van der Waals surface area contributed by atoms with E-state index in [-0.39, 0.29) is 5.78 Å². The van der Waals surface area contributed by atoms with Crippen LogP contribution in [0.25, 0.3) is 0 Å². The first-order valence-electron chi connectivity index (χ1n) is 9.45. The Morgan fingerprint density at radius 1 is 1.04 bits per heavy atom. The summed E-state index contributed by atoms with van der Waals surface area (Å²) in [6, 6.07) is 18.2. The van der Waals surface area contributed by atoms with Crippen molar-refractivity contribution in [2.24, 2.45) is 0 Å². The Bertz CT molecular complexity index is 679. The molecule has 0 saturated carbocycles. The molecule has 1 heterocycles. The predicted octanol–water partition coefficient (Wildman–Crippen LogP) is 3.69. The molecule has 1 atom stereocenters. The Balaban J connectivity index is 1.59. The van der Waals surface area contributed by atoms with E-state index in [0.717, 1.165) is 25.4 Å². The summed E-state index contributed by atoms with van der Waals surface area (Å²) in [6.45, 7) is 3.40. The smallest absolute Gasteiger partial charge is 0.176 e. The van der Waals surface area contributed by atoms with Crippen molar-refractivity contribution < 1.29 is 9.53 Å². The van der Waals surface area contributed by atoms with E-state index in [0.29, 0.717) is 18.2 Å². The molecule has 1 aliphatic heterocycles. The highest BCUT2D eigenvalue weighted by Crippen LogP contribution is 2.24. The Kier molecular flexibility index (Phi) is 6.81. The molecule has 1 unspecified atom stereocenters. The number of ketones is 1. The van der Waals surface area contributed by atoms with Crippen LogP contribution in [0.3, 0.4) is 0 Å². The summed E-state index contributed by atoms with van der Waals surface area (Å²) in [5.74, 6) is 0.877. The van der Waals surface area contributed by atoms with Crippen molar-refractivity contribution in [3.05, 3.63) is 65.7 Å². The first kappa shape index (κ1) is 18.6. The molecule has 0 radical (unpaired) electrons. The number of hydrogen-bond donors (Lipinski definition) is 1. The normalized spacial score (nSPS) is 16.2. The lowest BCUT2D eigenvalue weighted by Crippen LogP contribution is -2.40. The molecule has 2 aromatic rings. The van der Waals surface area contributed by atoms with Crippen LogP contribution >= 0.6 is 0 Å². The number of carbonyl (C=O) groups excluding carboxylic acids is 1. The van der Waals surface area contributed by atoms with Gasteiger partial charge >= 0.3 is 0 Å². The highest BCUT2D eigenvalue weighted by molar-refractivity contribution is 5.97. The van der Waals surface area contributed by atoms with Crippen LogP contribution in [0.1, 0.15) is 41.2 Å². The molecule has 0 bridgehead atoms. The zero-order chi connectivity index (χ0) is 18.2. The van der Waals surface area contributed by atoms with Crippen molar-refractivity contribution in [3.8, 4) is 5.75 Å². The second-order valence-electron chi connectivity index (χ2n) is 6.81. The van der Waals surface area contributed by atoms with Crippen molar-refractivity contribution in [2.75, 3.05) is 33.3 Å². The molecular formula is C22H28N2O2. The molecule has 0 spiro atoms. The number of likely N-dealkylation sites (tertiary alicyclic amines) is 1. The number of benzene rings is 2. The van der Waals surface area contributed by atoms with Gasteiger partial charge in [-0.15, -0.1) is 0 Å². The number of methoxy groups -OCH3 is 1. The molecular weight excluding hydrogens is 324 g/mol. The van der Waals surface area contributed by atoms with Gasteiger partial charge in [0, 0.05) is 18.2 Å². The zero-order valence-electron chi connectivity index (χ0n) is 15.5. The number of hydrogen-bond acceptors (Lipinski definition) is 4. The second-order valence-corrected chi connectivity index (χ2v) is 6.81. The van der Waals surface area contributed by atoms with Crippen LogP contribution in [-0.2, 0) is 0 Å². The topological polar surface area (TPSA) is 41.6 Å². The molecule has 2 aromatic carbocycles. The van der Waals surface area contributed by atoms with Gasteiger partial charge in [-0.3, -0.25) is 9.69 Å². The monoisotopic (exact) mass is 352 g/mol. The summed E-state index contributed by atoms with van der Waals surface area (Å²) < 4.78 is 5.15. The molecule has 1 fully saturated rings. The molecule has 0 amide bonds. The van der Waals surface area contributed by atoms with Gasteiger partial charge in [-0.05, 0) is 55.8 Å². The van der Waals surface area contributed by atoms with E-state index in [1.165, 1.54) is 24.8 Å². The molecule has 1 aliphatic rings. The summed E-state index contributed by atoms with van der Waals surface area (Å²) in [5.41, 5.74) is 2.03. The van der Waals surface area contributed by atoms with Crippen LogP contribution in [-0.4, -0.2) is 44.0 Å². The van der Waals surface area contributed by atoms with E-state index < -0.39 is 0 Å². The van der Waals surface area contributed by atoms with E-state index >= 15 is 0 Å². The second kappa shape index (κ2) is 9.51. The summed E-state index contributed by atoms with van der Waals surface area (Å²) >= 11 is 0. The minimum Gasteiger partial charge on any atom is -0.497 e. The highest BCUT2D eigenvalue weighted by atomic mass is 16.5. The fourth-order valence-electron chi connectivity index (χ4n) is 3.56. The maximum absolute atomic E-state index is 12.4. The zero-order valence-corrected chi connectivity index (χ0v) is 15.5. The first-order valence-corrected chi connectivity index (χ1v) is 9.45. The fourth-order valence-corrected chi connectivity index (χ4v) is 3.56. The number of nitrogens with one attached hydrogen (secondary N) is 1. The van der Waals surface area contributed by atoms with Gasteiger partial charge in [-0.25, -0.2) is 0 Å². The molecule has 1 saturated heterocycles. The minimum absolute atomic E-state index is 0.109. The lowest BCUT2D eigenvalue weighted by atomic mass is 10.0. The van der Waals surface area contributed by atoms with Gasteiger partial charge in [-0.1, -0.05) is 36.8 Å². The molecule has 4 nitrogen and oxygen atoms in total. The van der Waals surface area contributed by atoms with Gasteiger partial charge in [0.25, 0.3) is 0 Å². The number of carbonyl (C=O) groups is 1. The van der Waals surface area contributed by atoms with Gasteiger partial charge in [0.2, 0.25) is 0 Å². The van der Waals surface area contributed by atoms with Crippen LogP contribution in [0.2, 0.25) is 0 Å². The van der Waals surface area contributed by atoms with E-state index in [2.05, 4.69) is 40.5 Å². The van der Waals surface area contributed by atoms with Crippen LogP contribution in [0.5, 0.6) is 5.75 Å². The summed E-state index contributed by atoms with van der Waals surface area (Å²) in [4.78, 5) is 15.0. The van der Waals surface area contributed by atoms with Crippen LogP contribution in [0, 0.1) is 0 Å². The summed E-state index contributed by atoms with van der Waals surface area (Å²) in [7, 11) is 1.63. The third-order valence-corrected chi connectivity index (χ3v) is 5.05. The average molecular weight is 352 g/mol. The Hall–Kier alpha value is -2.17. The van der Waals surface area contributed by atoms with Crippen LogP contribution < -0.4 is 10.1 Å². The third-order valence-electron chi connectivity index (χ3n) is 5.05. The van der Waals surface area contributed by atoms with E-state index in [4.69, 9.17) is 4.74 Å². The molecule has 0 aliphatic carbocycles. The largest absolute Gasteiger partial charge is 0.497 e. The lowest BCUT2D eigenvalue weighted by Gasteiger charge is -2.35. The van der Waals surface area contributed by atoms with E-state index in [1.54, 1.807) is 7.11 Å². The fraction of sp³-hybridized carbons (Fsp3) is 0.409. The van der Waals surface area contributed by atoms with Gasteiger partial charge in [0.05, 0.1) is 13.7 Å². The highest BCUT2D eigenvalue weighted by Gasteiger charge is 2.22. The molecule has 3 rings (SSSR count). The van der Waals surface area contributed by atoms with Crippen molar-refractivity contribution >= 4 is 5.78 Å². The van der Waals surface area contributed by atoms with Crippen LogP contribution in [0.15, 0.2) is 54.6 Å². The standard InChI is InChI=1S/C22H28N2O2/c1-26-20-12-10-19(11-13-20)22(25)17-23-16-21(18-8-4-2-5-9-18)24-14-6-3-7-15-24/h2,4-5,8-13,21,23H,3,6-7,14-17H2,1H3. The predicted molar refractivity (Wildman–Crippen MR) is 105 cm³/mol. The Morgan fingerprint density at radius 2 is 1.73 bits per heavy atom. The van der Waals surface area contributed by atoms with E-state index in [9.17, 15) is 4.79 Å². The Morgan fingerprint density at radius 3 is 2.38 bits per heavy atom. The summed E-state index contributed by atoms with van der Waals surface area (Å²) in [5, 5.41) is 3.39. The van der Waals surface area contributed by atoms with Crippen molar-refractivity contribution in [1.29, 1.82) is 0 Å². The first-order chi connectivity index (χ1) is 12.8. The number of Topliss-reactive ketones (excluding diaryl/α,β-unsaturated/α-hetero) is 1. The SMILES string of the molecule is COc1ccc(C(=O)CNCC(c2ccccc2)N2CCCCC2)cc1. The number of nitrogens with zero attached hydrogens (tertiary/aromatic N) is 1. The lowest BCUT2D eigenvalue weighted by molar-refractivity contribution is 0.0983. The molecule has 138 valence electrons. The van der Waals surface area contributed by atoms with Gasteiger partial charge in [-0.2, -0.15) is 0 Å². The third kappa shape index (κ3) is 4.93.